The van der Waals surface area contributed by atoms with Gasteiger partial charge in [-0.3, -0.25) is 14.6 Å². The van der Waals surface area contributed by atoms with Crippen molar-refractivity contribution in [1.29, 1.82) is 5.26 Å². The summed E-state index contributed by atoms with van der Waals surface area (Å²) >= 11 is 0. The third kappa shape index (κ3) is 4.36. The Morgan fingerprint density at radius 1 is 1.17 bits per heavy atom. The van der Waals surface area contributed by atoms with E-state index in [-0.39, 0.29) is 17.3 Å². The minimum Gasteiger partial charge on any atom is -0.497 e. The Balaban J connectivity index is 1.45. The number of ether oxygens (including phenoxy) is 3. The van der Waals surface area contributed by atoms with Gasteiger partial charge in [-0.25, -0.2) is 0 Å². The molecule has 0 bridgehead atoms. The molecule has 1 amide bonds. The summed E-state index contributed by atoms with van der Waals surface area (Å²) in [6.45, 7) is 1.55. The van der Waals surface area contributed by atoms with Crippen LogP contribution in [0.5, 0.6) is 17.2 Å². The summed E-state index contributed by atoms with van der Waals surface area (Å²) in [5.41, 5.74) is 1.31. The Labute approximate surface area is 200 Å². The summed E-state index contributed by atoms with van der Waals surface area (Å²) < 4.78 is 16.7. The van der Waals surface area contributed by atoms with Crippen LogP contribution >= 0.6 is 0 Å². The number of rotatable bonds is 5. The van der Waals surface area contributed by atoms with Crippen molar-refractivity contribution in [2.45, 2.75) is 18.9 Å². The number of nitriles is 1. The molecule has 0 fully saturated rings. The minimum absolute atomic E-state index is 0.124. The molecule has 0 radical (unpaired) electrons. The molecule has 0 saturated heterocycles. The molecule has 10 nitrogen and oxygen atoms in total. The number of methoxy groups -OCH3 is 1. The van der Waals surface area contributed by atoms with Crippen molar-refractivity contribution in [3.8, 4) is 23.3 Å². The first-order valence-electron chi connectivity index (χ1n) is 11.2. The molecule has 0 spiro atoms. The number of hydrogen-bond acceptors (Lipinski definition) is 8. The molecule has 5 rings (SSSR count). The van der Waals surface area contributed by atoms with Gasteiger partial charge in [0.1, 0.15) is 17.5 Å². The molecule has 3 aromatic rings. The number of amides is 1. The molecule has 178 valence electrons. The molecule has 3 heterocycles. The van der Waals surface area contributed by atoms with Crippen molar-refractivity contribution in [3.63, 3.8) is 0 Å². The molecule has 2 aliphatic rings. The largest absolute Gasteiger partial charge is 0.497 e. The monoisotopic (exact) mass is 473 g/mol. The lowest BCUT2D eigenvalue weighted by Crippen LogP contribution is -2.38. The third-order valence-corrected chi connectivity index (χ3v) is 5.99. The molecule has 2 atom stereocenters. The summed E-state index contributed by atoms with van der Waals surface area (Å²) in [4.78, 5) is 33.1. The fourth-order valence-electron chi connectivity index (χ4n) is 4.29. The number of aromatic amines is 1. The van der Waals surface area contributed by atoms with Crippen molar-refractivity contribution in [3.05, 3.63) is 69.5 Å². The van der Waals surface area contributed by atoms with E-state index >= 15 is 0 Å². The Kier molecular flexibility index (Phi) is 5.97. The van der Waals surface area contributed by atoms with Crippen molar-refractivity contribution in [2.24, 2.45) is 5.92 Å². The van der Waals surface area contributed by atoms with Gasteiger partial charge in [0.15, 0.2) is 11.5 Å². The average molecular weight is 473 g/mol. The Bertz CT molecular complexity index is 1380. The van der Waals surface area contributed by atoms with Gasteiger partial charge in [-0.05, 0) is 35.4 Å². The highest BCUT2D eigenvalue weighted by atomic mass is 16.5. The number of benzene rings is 2. The molecule has 1 aromatic heterocycles. The molecular weight excluding hydrogens is 450 g/mol. The number of hydrogen-bond donors (Lipinski definition) is 3. The SMILES string of the molecule is COc1cccc(C2c3c(nc(NCc4ccc5c(c4)OCCCO5)[nH]c3=O)NC(=O)C2C#N)c1. The average Bonchev–Trinajstić information content (AvgIpc) is 3.11. The maximum absolute atomic E-state index is 13.2. The summed E-state index contributed by atoms with van der Waals surface area (Å²) in [5, 5.41) is 15.4. The second-order valence-electron chi connectivity index (χ2n) is 8.21. The van der Waals surface area contributed by atoms with Crippen LogP contribution in [0.2, 0.25) is 0 Å². The summed E-state index contributed by atoms with van der Waals surface area (Å²) in [5.74, 6) is -0.136. The second kappa shape index (κ2) is 9.38. The van der Waals surface area contributed by atoms with Gasteiger partial charge in [0.25, 0.3) is 5.56 Å². The maximum atomic E-state index is 13.2. The summed E-state index contributed by atoms with van der Waals surface area (Å²) in [6, 6.07) is 14.6. The van der Waals surface area contributed by atoms with E-state index < -0.39 is 23.3 Å². The highest BCUT2D eigenvalue weighted by Crippen LogP contribution is 2.39. The predicted octanol–water partition coefficient (Wildman–Crippen LogP) is 2.78. The van der Waals surface area contributed by atoms with Gasteiger partial charge in [0.2, 0.25) is 11.9 Å². The van der Waals surface area contributed by atoms with E-state index in [0.29, 0.717) is 42.6 Å². The molecular formula is C25H23N5O5. The van der Waals surface area contributed by atoms with E-state index in [0.717, 1.165) is 12.0 Å². The number of carbonyl (C=O) groups excluding carboxylic acids is 1. The van der Waals surface area contributed by atoms with Crippen LogP contribution in [0.3, 0.4) is 0 Å². The molecule has 35 heavy (non-hydrogen) atoms. The van der Waals surface area contributed by atoms with Gasteiger partial charge in [0, 0.05) is 18.9 Å². The highest BCUT2D eigenvalue weighted by Gasteiger charge is 2.40. The van der Waals surface area contributed by atoms with Crippen LogP contribution in [0, 0.1) is 17.2 Å². The number of anilines is 2. The third-order valence-electron chi connectivity index (χ3n) is 5.99. The van der Waals surface area contributed by atoms with E-state index in [2.05, 4.69) is 20.6 Å². The first kappa shape index (κ1) is 22.3. The fraction of sp³-hybridized carbons (Fsp3) is 0.280. The first-order valence-corrected chi connectivity index (χ1v) is 11.2. The standard InChI is InChI=1S/C25H23N5O5/c1-33-16-5-2-4-15(11-16)20-17(12-26)23(31)28-22-21(20)24(32)30-25(29-22)27-13-14-6-7-18-19(10-14)35-9-3-8-34-18/h2,4-7,10-11,17,20H,3,8-9,13H2,1H3,(H3,27,28,29,30,31,32). The number of fused-ring (bicyclic) bond motifs is 2. The molecule has 0 saturated carbocycles. The van der Waals surface area contributed by atoms with Gasteiger partial charge >= 0.3 is 0 Å². The smallest absolute Gasteiger partial charge is 0.258 e. The molecule has 2 aromatic carbocycles. The number of nitrogens with one attached hydrogen (secondary N) is 3. The lowest BCUT2D eigenvalue weighted by atomic mass is 9.79. The number of nitrogens with zero attached hydrogens (tertiary/aromatic N) is 2. The maximum Gasteiger partial charge on any atom is 0.258 e. The summed E-state index contributed by atoms with van der Waals surface area (Å²) in [7, 11) is 1.53. The summed E-state index contributed by atoms with van der Waals surface area (Å²) in [6.07, 6.45) is 0.817. The molecule has 2 aliphatic heterocycles. The van der Waals surface area contributed by atoms with Gasteiger partial charge in [0.05, 0.1) is 32.0 Å². The van der Waals surface area contributed by atoms with E-state index in [1.807, 2.05) is 24.3 Å². The van der Waals surface area contributed by atoms with Crippen LogP contribution < -0.4 is 30.4 Å². The van der Waals surface area contributed by atoms with Crippen molar-refractivity contribution in [1.82, 2.24) is 9.97 Å². The zero-order valence-electron chi connectivity index (χ0n) is 19.0. The number of aromatic nitrogens is 2. The quantitative estimate of drug-likeness (QED) is 0.514. The van der Waals surface area contributed by atoms with Gasteiger partial charge in [-0.15, -0.1) is 0 Å². The molecule has 3 N–H and O–H groups in total. The Morgan fingerprint density at radius 3 is 2.80 bits per heavy atom. The van der Waals surface area contributed by atoms with Crippen LogP contribution in [0.1, 0.15) is 29.0 Å². The molecule has 0 aliphatic carbocycles. The number of carbonyl (C=O) groups is 1. The van der Waals surface area contributed by atoms with Crippen molar-refractivity contribution < 1.29 is 19.0 Å². The highest BCUT2D eigenvalue weighted by molar-refractivity contribution is 5.98. The minimum atomic E-state index is -1.09. The van der Waals surface area contributed by atoms with Crippen molar-refractivity contribution in [2.75, 3.05) is 31.0 Å². The van der Waals surface area contributed by atoms with Gasteiger partial charge < -0.3 is 24.8 Å². The topological polar surface area (TPSA) is 138 Å². The zero-order chi connectivity index (χ0) is 24.4. The first-order chi connectivity index (χ1) is 17.1. The van der Waals surface area contributed by atoms with Crippen LogP contribution in [0.25, 0.3) is 0 Å². The van der Waals surface area contributed by atoms with Crippen LogP contribution in [0.4, 0.5) is 11.8 Å². The zero-order valence-corrected chi connectivity index (χ0v) is 19.0. The van der Waals surface area contributed by atoms with E-state index in [9.17, 15) is 14.9 Å². The van der Waals surface area contributed by atoms with Gasteiger partial charge in [-0.1, -0.05) is 18.2 Å². The molecule has 10 heteroatoms. The van der Waals surface area contributed by atoms with Crippen LogP contribution in [-0.2, 0) is 11.3 Å². The lowest BCUT2D eigenvalue weighted by molar-refractivity contribution is -0.119. The Hall–Kier alpha value is -4.52. The lowest BCUT2D eigenvalue weighted by Gasteiger charge is -2.28. The normalized spacial score (nSPS) is 18.5. The van der Waals surface area contributed by atoms with E-state index in [1.54, 1.807) is 24.3 Å². The van der Waals surface area contributed by atoms with Gasteiger partial charge in [-0.2, -0.15) is 10.2 Å². The van der Waals surface area contributed by atoms with Crippen LogP contribution in [-0.4, -0.2) is 36.2 Å². The second-order valence-corrected chi connectivity index (χ2v) is 8.21. The van der Waals surface area contributed by atoms with E-state index in [1.165, 1.54) is 7.11 Å². The molecule has 2 unspecified atom stereocenters. The number of H-pyrrole nitrogens is 1. The van der Waals surface area contributed by atoms with Crippen LogP contribution in [0.15, 0.2) is 47.3 Å². The predicted molar refractivity (Wildman–Crippen MR) is 127 cm³/mol. The Morgan fingerprint density at radius 2 is 2.00 bits per heavy atom. The van der Waals surface area contributed by atoms with Crippen molar-refractivity contribution >= 4 is 17.7 Å². The van der Waals surface area contributed by atoms with E-state index in [4.69, 9.17) is 14.2 Å². The fourth-order valence-corrected chi connectivity index (χ4v) is 4.29.